The second kappa shape index (κ2) is 8.26. The zero-order valence-corrected chi connectivity index (χ0v) is 21.8. The van der Waals surface area contributed by atoms with Crippen LogP contribution in [0.4, 0.5) is 0 Å². The molecule has 1 N–H and O–H groups in total. The van der Waals surface area contributed by atoms with E-state index in [1.807, 2.05) is 11.0 Å². The smallest absolute Gasteiger partial charge is 0.253 e. The minimum atomic E-state index is -3.53. The summed E-state index contributed by atoms with van der Waals surface area (Å²) in [7, 11) is -1.39. The van der Waals surface area contributed by atoms with Crippen molar-refractivity contribution in [3.8, 4) is 0 Å². The molecule has 1 amide bonds. The van der Waals surface area contributed by atoms with Gasteiger partial charge in [-0.25, -0.2) is 13.1 Å². The first-order chi connectivity index (χ1) is 17.1. The van der Waals surface area contributed by atoms with Gasteiger partial charge in [0, 0.05) is 48.9 Å². The molecule has 0 unspecified atom stereocenters. The SMILES string of the molecule is CN1CCn2c(C(=O)C3(C)CC3)ccc2C12CCN(C(=O)c1ccc(S(=O)(=O)NC3CC3)cc1)CC2. The summed E-state index contributed by atoms with van der Waals surface area (Å²) < 4.78 is 29.8. The van der Waals surface area contributed by atoms with Gasteiger partial charge in [-0.15, -0.1) is 0 Å². The van der Waals surface area contributed by atoms with Gasteiger partial charge in [0.25, 0.3) is 5.91 Å². The van der Waals surface area contributed by atoms with Crippen molar-refractivity contribution in [3.05, 3.63) is 53.3 Å². The monoisotopic (exact) mass is 510 g/mol. The van der Waals surface area contributed by atoms with Crippen molar-refractivity contribution in [2.75, 3.05) is 26.7 Å². The highest BCUT2D eigenvalue weighted by atomic mass is 32.2. The zero-order chi connectivity index (χ0) is 25.3. The number of carbonyl (C=O) groups is 2. The summed E-state index contributed by atoms with van der Waals surface area (Å²) in [6.07, 6.45) is 5.28. The molecule has 4 aliphatic rings. The van der Waals surface area contributed by atoms with Gasteiger partial charge in [0.05, 0.1) is 16.1 Å². The first kappa shape index (κ1) is 23.9. The molecule has 3 heterocycles. The van der Waals surface area contributed by atoms with Crippen molar-refractivity contribution >= 4 is 21.7 Å². The number of likely N-dealkylation sites (tertiary alicyclic amines) is 1. The average Bonchev–Trinajstić information content (AvgIpc) is 3.79. The summed E-state index contributed by atoms with van der Waals surface area (Å²) in [5.74, 6) is 0.189. The van der Waals surface area contributed by atoms with Crippen molar-refractivity contribution in [2.45, 2.75) is 68.5 Å². The molecule has 0 bridgehead atoms. The van der Waals surface area contributed by atoms with Crippen LogP contribution < -0.4 is 4.72 Å². The molecule has 36 heavy (non-hydrogen) atoms. The van der Waals surface area contributed by atoms with E-state index in [9.17, 15) is 18.0 Å². The number of piperidine rings is 1. The highest BCUT2D eigenvalue weighted by Gasteiger charge is 2.49. The van der Waals surface area contributed by atoms with Gasteiger partial charge in [-0.1, -0.05) is 6.92 Å². The van der Waals surface area contributed by atoms with Crippen LogP contribution in [0.1, 0.15) is 72.0 Å². The summed E-state index contributed by atoms with van der Waals surface area (Å²) in [5, 5.41) is 0. The Kier molecular flexibility index (Phi) is 5.48. The van der Waals surface area contributed by atoms with Crippen LogP contribution in [0.5, 0.6) is 0 Å². The summed E-state index contributed by atoms with van der Waals surface area (Å²) >= 11 is 0. The molecule has 0 radical (unpaired) electrons. The van der Waals surface area contributed by atoms with Crippen LogP contribution in [-0.2, 0) is 22.1 Å². The first-order valence-electron chi connectivity index (χ1n) is 13.0. The molecular weight excluding hydrogens is 476 g/mol. The van der Waals surface area contributed by atoms with Crippen LogP contribution in [-0.4, -0.2) is 67.2 Å². The number of ketones is 1. The van der Waals surface area contributed by atoms with E-state index in [1.165, 1.54) is 17.8 Å². The minimum Gasteiger partial charge on any atom is -0.339 e. The number of nitrogens with one attached hydrogen (secondary N) is 1. The van der Waals surface area contributed by atoms with Crippen molar-refractivity contribution in [2.24, 2.45) is 5.41 Å². The third-order valence-electron chi connectivity index (χ3n) is 8.82. The molecule has 2 aromatic rings. The summed E-state index contributed by atoms with van der Waals surface area (Å²) in [6.45, 7) is 4.97. The van der Waals surface area contributed by atoms with Crippen molar-refractivity contribution < 1.29 is 18.0 Å². The Morgan fingerprint density at radius 2 is 1.58 bits per heavy atom. The molecule has 2 aliphatic carbocycles. The number of rotatable bonds is 6. The summed E-state index contributed by atoms with van der Waals surface area (Å²) in [4.78, 5) is 30.8. The molecule has 9 heteroatoms. The molecule has 3 fully saturated rings. The molecule has 1 aromatic heterocycles. The van der Waals surface area contributed by atoms with Gasteiger partial charge in [-0.2, -0.15) is 0 Å². The van der Waals surface area contributed by atoms with Gasteiger partial charge in [0.15, 0.2) is 5.78 Å². The number of hydrogen-bond donors (Lipinski definition) is 1. The Hall–Kier alpha value is -2.49. The number of aromatic nitrogens is 1. The Morgan fingerprint density at radius 1 is 0.917 bits per heavy atom. The van der Waals surface area contributed by atoms with Crippen LogP contribution in [0.2, 0.25) is 0 Å². The third-order valence-corrected chi connectivity index (χ3v) is 10.4. The van der Waals surface area contributed by atoms with Crippen molar-refractivity contribution in [3.63, 3.8) is 0 Å². The average molecular weight is 511 g/mol. The van der Waals surface area contributed by atoms with Crippen molar-refractivity contribution in [1.29, 1.82) is 0 Å². The summed E-state index contributed by atoms with van der Waals surface area (Å²) in [6, 6.07) is 10.4. The molecule has 2 aliphatic heterocycles. The Balaban J connectivity index is 1.17. The second-order valence-corrected chi connectivity index (χ2v) is 13.0. The van der Waals surface area contributed by atoms with Crippen LogP contribution in [0.15, 0.2) is 41.3 Å². The lowest BCUT2D eigenvalue weighted by Crippen LogP contribution is -2.56. The van der Waals surface area contributed by atoms with Gasteiger partial charge in [0.2, 0.25) is 10.0 Å². The van der Waals surface area contributed by atoms with Gasteiger partial charge in [-0.05, 0) is 82.0 Å². The number of likely N-dealkylation sites (N-methyl/N-ethyl adjacent to an activating group) is 1. The number of Topliss-reactive ketones (excluding diaryl/α,β-unsaturated/α-hetero) is 1. The number of benzene rings is 1. The van der Waals surface area contributed by atoms with Gasteiger partial charge in [0.1, 0.15) is 0 Å². The molecule has 1 saturated heterocycles. The fraction of sp³-hybridized carbons (Fsp3) is 0.556. The Morgan fingerprint density at radius 3 is 2.19 bits per heavy atom. The maximum atomic E-state index is 13.3. The summed E-state index contributed by atoms with van der Waals surface area (Å²) in [5.41, 5.74) is 2.15. The molecule has 192 valence electrons. The molecular formula is C27H34N4O4S. The predicted octanol–water partition coefficient (Wildman–Crippen LogP) is 2.99. The minimum absolute atomic E-state index is 0.0435. The number of carbonyl (C=O) groups excluding carboxylic acids is 2. The largest absolute Gasteiger partial charge is 0.339 e. The molecule has 8 nitrogen and oxygen atoms in total. The van der Waals surface area contributed by atoms with E-state index in [2.05, 4.69) is 34.2 Å². The zero-order valence-electron chi connectivity index (χ0n) is 21.0. The molecule has 6 rings (SSSR count). The quantitative estimate of drug-likeness (QED) is 0.604. The van der Waals surface area contributed by atoms with E-state index in [0.717, 1.165) is 57.3 Å². The highest BCUT2D eigenvalue weighted by Crippen LogP contribution is 2.49. The maximum Gasteiger partial charge on any atom is 0.253 e. The van der Waals surface area contributed by atoms with Crippen molar-refractivity contribution in [1.82, 2.24) is 19.1 Å². The van der Waals surface area contributed by atoms with E-state index in [-0.39, 0.29) is 33.6 Å². The van der Waals surface area contributed by atoms with Gasteiger partial charge in [-0.3, -0.25) is 14.5 Å². The van der Waals surface area contributed by atoms with Crippen LogP contribution in [0, 0.1) is 5.41 Å². The fourth-order valence-corrected chi connectivity index (χ4v) is 7.17. The lowest BCUT2D eigenvalue weighted by Gasteiger charge is -2.50. The Bertz CT molecular complexity index is 1310. The van der Waals surface area contributed by atoms with Crippen LogP contribution in [0.25, 0.3) is 0 Å². The number of hydrogen-bond acceptors (Lipinski definition) is 5. The van der Waals surface area contributed by atoms with E-state index in [0.29, 0.717) is 18.7 Å². The number of sulfonamides is 1. The number of nitrogens with zero attached hydrogens (tertiary/aromatic N) is 3. The lowest BCUT2D eigenvalue weighted by molar-refractivity contribution is 0.0127. The van der Waals surface area contributed by atoms with Gasteiger partial charge >= 0.3 is 0 Å². The maximum absolute atomic E-state index is 13.3. The number of fused-ring (bicyclic) bond motifs is 2. The van der Waals surface area contributed by atoms with Crippen LogP contribution in [0.3, 0.4) is 0 Å². The molecule has 2 saturated carbocycles. The van der Waals surface area contributed by atoms with E-state index in [1.54, 1.807) is 12.1 Å². The second-order valence-electron chi connectivity index (χ2n) is 11.3. The predicted molar refractivity (Wildman–Crippen MR) is 135 cm³/mol. The van der Waals surface area contributed by atoms with E-state index in [4.69, 9.17) is 0 Å². The normalized spacial score (nSPS) is 22.9. The standard InChI is InChI=1S/C27H34N4O4S/c1-26(11-12-26)24(32)22-9-10-23-27(29(2)17-18-31(22)23)13-15-30(16-14-27)25(33)19-3-7-21(8-4-19)36(34,35)28-20-5-6-20/h3-4,7-10,20,28H,5-6,11-18H2,1-2H3. The number of amides is 1. The lowest BCUT2D eigenvalue weighted by atomic mass is 9.81. The third kappa shape index (κ3) is 3.92. The van der Waals surface area contributed by atoms with Gasteiger partial charge < -0.3 is 9.47 Å². The van der Waals surface area contributed by atoms with E-state index >= 15 is 0 Å². The van der Waals surface area contributed by atoms with E-state index < -0.39 is 10.0 Å². The highest BCUT2D eigenvalue weighted by molar-refractivity contribution is 7.89. The molecule has 1 aromatic carbocycles. The molecule has 0 atom stereocenters. The Labute approximate surface area is 212 Å². The fourth-order valence-electron chi connectivity index (χ4n) is 5.86. The molecule has 1 spiro atoms. The first-order valence-corrected chi connectivity index (χ1v) is 14.5. The topological polar surface area (TPSA) is 91.7 Å². The van der Waals surface area contributed by atoms with Crippen LogP contribution >= 0.6 is 0 Å².